The molecule has 11 heavy (non-hydrogen) atoms. The van der Waals surface area contributed by atoms with Crippen molar-refractivity contribution in [2.45, 2.75) is 13.5 Å². The summed E-state index contributed by atoms with van der Waals surface area (Å²) in [5.41, 5.74) is 6.67. The molecule has 2 N–H and O–H groups in total. The summed E-state index contributed by atoms with van der Waals surface area (Å²) in [5, 5.41) is 0. The van der Waals surface area contributed by atoms with Crippen LogP contribution in [0.2, 0.25) is 0 Å². The molecular formula is C8H13ClN2. The van der Waals surface area contributed by atoms with E-state index in [1.54, 1.807) is 0 Å². The smallest absolute Gasteiger partial charge is 0.178 e. The third kappa shape index (κ3) is 2.87. The molecule has 0 aromatic carbocycles. The largest absolute Gasteiger partial charge is 1.00 e. The maximum Gasteiger partial charge on any atom is 0.178 e. The van der Waals surface area contributed by atoms with Crippen molar-refractivity contribution >= 4 is 0 Å². The van der Waals surface area contributed by atoms with Gasteiger partial charge < -0.3 is 18.1 Å². The fraction of sp³-hybridized carbons (Fsp3) is 0.375. The monoisotopic (exact) mass is 172 g/mol. The molecule has 0 atom stereocenters. The highest BCUT2D eigenvalue weighted by Crippen LogP contribution is 1.85. The standard InChI is InChI=1S/C8H13N2.ClH/c1-8-4-2-3-6-10(8)7-5-9;/h2-4,6H,5,7,9H2,1H3;1H/q+1;/p-1. The average Bonchev–Trinajstić information content (AvgIpc) is 1.94. The van der Waals surface area contributed by atoms with Crippen LogP contribution in [0.1, 0.15) is 5.69 Å². The van der Waals surface area contributed by atoms with Gasteiger partial charge in [0, 0.05) is 19.1 Å². The van der Waals surface area contributed by atoms with Crippen LogP contribution in [0.25, 0.3) is 0 Å². The van der Waals surface area contributed by atoms with E-state index in [9.17, 15) is 0 Å². The Hall–Kier alpha value is -0.600. The first-order valence-corrected chi connectivity index (χ1v) is 3.49. The molecule has 1 heterocycles. The Morgan fingerprint density at radius 2 is 2.18 bits per heavy atom. The molecule has 1 aromatic rings. The third-order valence-electron chi connectivity index (χ3n) is 1.54. The molecule has 0 saturated heterocycles. The number of hydrogen-bond acceptors (Lipinski definition) is 1. The van der Waals surface area contributed by atoms with Crippen LogP contribution in [0.3, 0.4) is 0 Å². The van der Waals surface area contributed by atoms with E-state index in [4.69, 9.17) is 5.73 Å². The fourth-order valence-electron chi connectivity index (χ4n) is 0.952. The summed E-state index contributed by atoms with van der Waals surface area (Å²) in [5.74, 6) is 0. The number of pyridine rings is 1. The minimum Gasteiger partial charge on any atom is -1.00 e. The molecule has 1 rings (SSSR count). The number of aromatic nitrogens is 1. The zero-order valence-electron chi connectivity index (χ0n) is 6.63. The first-order valence-electron chi connectivity index (χ1n) is 3.49. The molecule has 0 aliphatic rings. The number of nitrogens with two attached hydrogens (primary N) is 1. The van der Waals surface area contributed by atoms with Crippen LogP contribution in [0.5, 0.6) is 0 Å². The van der Waals surface area contributed by atoms with Crippen molar-refractivity contribution in [2.24, 2.45) is 5.73 Å². The van der Waals surface area contributed by atoms with Crippen LogP contribution in [0.4, 0.5) is 0 Å². The maximum absolute atomic E-state index is 5.41. The summed E-state index contributed by atoms with van der Waals surface area (Å²) in [6.07, 6.45) is 2.04. The van der Waals surface area contributed by atoms with Gasteiger partial charge in [-0.3, -0.25) is 0 Å². The molecule has 0 aliphatic heterocycles. The lowest BCUT2D eigenvalue weighted by Gasteiger charge is -1.95. The second kappa shape index (κ2) is 5.10. The van der Waals surface area contributed by atoms with E-state index >= 15 is 0 Å². The zero-order valence-corrected chi connectivity index (χ0v) is 7.38. The van der Waals surface area contributed by atoms with Crippen molar-refractivity contribution in [2.75, 3.05) is 6.54 Å². The van der Waals surface area contributed by atoms with Crippen molar-refractivity contribution in [3.05, 3.63) is 30.1 Å². The van der Waals surface area contributed by atoms with Crippen LogP contribution in [0.15, 0.2) is 24.4 Å². The van der Waals surface area contributed by atoms with E-state index in [1.807, 2.05) is 18.3 Å². The van der Waals surface area contributed by atoms with Gasteiger partial charge >= 0.3 is 0 Å². The summed E-state index contributed by atoms with van der Waals surface area (Å²) in [6.45, 7) is 3.69. The predicted molar refractivity (Wildman–Crippen MR) is 40.4 cm³/mol. The Bertz CT molecular complexity index is 213. The highest BCUT2D eigenvalue weighted by Gasteiger charge is 1.99. The molecule has 0 saturated carbocycles. The van der Waals surface area contributed by atoms with Gasteiger partial charge in [-0.1, -0.05) is 6.07 Å². The normalized spacial score (nSPS) is 8.91. The van der Waals surface area contributed by atoms with Gasteiger partial charge in [0.25, 0.3) is 0 Å². The lowest BCUT2D eigenvalue weighted by Crippen LogP contribution is -3.00. The predicted octanol–water partition coefficient (Wildman–Crippen LogP) is -2.75. The average molecular weight is 173 g/mol. The van der Waals surface area contributed by atoms with Crippen LogP contribution in [0, 0.1) is 6.92 Å². The molecule has 0 spiro atoms. The molecule has 0 bridgehead atoms. The molecular weight excluding hydrogens is 160 g/mol. The van der Waals surface area contributed by atoms with Gasteiger partial charge in [0.15, 0.2) is 18.4 Å². The van der Waals surface area contributed by atoms with Crippen LogP contribution in [-0.2, 0) is 6.54 Å². The molecule has 0 unspecified atom stereocenters. The molecule has 62 valence electrons. The van der Waals surface area contributed by atoms with Crippen molar-refractivity contribution < 1.29 is 17.0 Å². The first-order chi connectivity index (χ1) is 4.84. The van der Waals surface area contributed by atoms with E-state index in [2.05, 4.69) is 17.6 Å². The second-order valence-corrected chi connectivity index (χ2v) is 2.32. The summed E-state index contributed by atoms with van der Waals surface area (Å²) in [7, 11) is 0. The van der Waals surface area contributed by atoms with E-state index in [0.29, 0.717) is 6.54 Å². The van der Waals surface area contributed by atoms with Gasteiger partial charge in [-0.2, -0.15) is 0 Å². The van der Waals surface area contributed by atoms with Gasteiger partial charge in [0.1, 0.15) is 0 Å². The fourth-order valence-corrected chi connectivity index (χ4v) is 0.952. The van der Waals surface area contributed by atoms with Crippen molar-refractivity contribution in [3.8, 4) is 0 Å². The Labute approximate surface area is 73.4 Å². The molecule has 0 radical (unpaired) electrons. The number of rotatable bonds is 2. The zero-order chi connectivity index (χ0) is 7.40. The molecule has 0 fully saturated rings. The Balaban J connectivity index is 0.000001000. The molecule has 0 aliphatic carbocycles. The van der Waals surface area contributed by atoms with Crippen molar-refractivity contribution in [3.63, 3.8) is 0 Å². The van der Waals surface area contributed by atoms with Crippen LogP contribution >= 0.6 is 0 Å². The van der Waals surface area contributed by atoms with Crippen LogP contribution in [-0.4, -0.2) is 6.54 Å². The van der Waals surface area contributed by atoms with E-state index < -0.39 is 0 Å². The highest BCUT2D eigenvalue weighted by atomic mass is 35.5. The van der Waals surface area contributed by atoms with Gasteiger partial charge in [0.05, 0.1) is 6.54 Å². The van der Waals surface area contributed by atoms with Crippen LogP contribution < -0.4 is 22.7 Å². The SMILES string of the molecule is Cc1cccc[n+]1CCN.[Cl-]. The number of halogens is 1. The number of nitrogens with zero attached hydrogens (tertiary/aromatic N) is 1. The summed E-state index contributed by atoms with van der Waals surface area (Å²) in [4.78, 5) is 0. The Morgan fingerprint density at radius 1 is 1.45 bits per heavy atom. The maximum atomic E-state index is 5.41. The quantitative estimate of drug-likeness (QED) is 0.482. The molecule has 2 nitrogen and oxygen atoms in total. The van der Waals surface area contributed by atoms with Gasteiger partial charge in [-0.15, -0.1) is 0 Å². The Morgan fingerprint density at radius 3 is 2.73 bits per heavy atom. The molecule has 1 aromatic heterocycles. The summed E-state index contributed by atoms with van der Waals surface area (Å²) in [6, 6.07) is 6.13. The number of hydrogen-bond donors (Lipinski definition) is 1. The lowest BCUT2D eigenvalue weighted by atomic mass is 10.3. The van der Waals surface area contributed by atoms with Gasteiger partial charge in [0.2, 0.25) is 0 Å². The lowest BCUT2D eigenvalue weighted by molar-refractivity contribution is -0.700. The van der Waals surface area contributed by atoms with Crippen molar-refractivity contribution in [1.82, 2.24) is 0 Å². The number of aryl methyl sites for hydroxylation is 1. The minimum absolute atomic E-state index is 0. The topological polar surface area (TPSA) is 29.9 Å². The molecule has 0 amide bonds. The van der Waals surface area contributed by atoms with Gasteiger partial charge in [-0.05, 0) is 0 Å². The van der Waals surface area contributed by atoms with E-state index in [-0.39, 0.29) is 12.4 Å². The minimum atomic E-state index is 0. The second-order valence-electron chi connectivity index (χ2n) is 2.32. The summed E-state index contributed by atoms with van der Waals surface area (Å²) < 4.78 is 2.14. The van der Waals surface area contributed by atoms with E-state index in [1.165, 1.54) is 5.69 Å². The van der Waals surface area contributed by atoms with Crippen molar-refractivity contribution in [1.29, 1.82) is 0 Å². The van der Waals surface area contributed by atoms with Gasteiger partial charge in [-0.25, -0.2) is 4.57 Å². The highest BCUT2D eigenvalue weighted by molar-refractivity contribution is 4.93. The first kappa shape index (κ1) is 10.4. The Kier molecular flexibility index (Phi) is 4.83. The molecule has 3 heteroatoms. The van der Waals surface area contributed by atoms with E-state index in [0.717, 1.165) is 6.54 Å². The summed E-state index contributed by atoms with van der Waals surface area (Å²) >= 11 is 0. The third-order valence-corrected chi connectivity index (χ3v) is 1.54.